The topological polar surface area (TPSA) is 98.7 Å². The lowest BCUT2D eigenvalue weighted by Crippen LogP contribution is -2.64. The summed E-state index contributed by atoms with van der Waals surface area (Å²) >= 11 is 0. The molecule has 118 valence electrons. The van der Waals surface area contributed by atoms with Gasteiger partial charge in [0.05, 0.1) is 5.41 Å². The van der Waals surface area contributed by atoms with E-state index in [0.717, 1.165) is 0 Å². The fourth-order valence-corrected chi connectivity index (χ4v) is 2.63. The molecule has 0 saturated heterocycles. The number of aliphatic hydroxyl groups excluding tert-OH is 1. The van der Waals surface area contributed by atoms with Crippen molar-refractivity contribution in [2.75, 3.05) is 13.2 Å². The fraction of sp³-hybridized carbons (Fsp3) is 0.857. The van der Waals surface area contributed by atoms with Crippen LogP contribution in [0, 0.1) is 5.41 Å². The lowest BCUT2D eigenvalue weighted by atomic mass is 9.70. The van der Waals surface area contributed by atoms with Crippen molar-refractivity contribution in [1.82, 2.24) is 10.6 Å². The first-order valence-corrected chi connectivity index (χ1v) is 7.23. The number of amides is 2. The Morgan fingerprint density at radius 3 is 2.00 bits per heavy atom. The van der Waals surface area contributed by atoms with Crippen LogP contribution < -0.4 is 10.6 Å². The zero-order valence-corrected chi connectivity index (χ0v) is 13.0. The maximum atomic E-state index is 12.5. The van der Waals surface area contributed by atoms with Crippen LogP contribution in [0.25, 0.3) is 0 Å². The largest absolute Gasteiger partial charge is 0.396 e. The molecule has 0 aromatic heterocycles. The molecule has 0 aromatic rings. The van der Waals surface area contributed by atoms with Gasteiger partial charge in [-0.25, -0.2) is 0 Å². The molecule has 0 aliphatic heterocycles. The highest BCUT2D eigenvalue weighted by Gasteiger charge is 2.52. The van der Waals surface area contributed by atoms with Crippen molar-refractivity contribution in [2.24, 2.45) is 5.41 Å². The Bertz CT molecular complexity index is 329. The number of rotatable bonds is 9. The van der Waals surface area contributed by atoms with Crippen LogP contribution in [0.4, 0.5) is 0 Å². The minimum absolute atomic E-state index is 0.00469. The molecular formula is C14H28N2O4. The third-order valence-corrected chi connectivity index (χ3v) is 3.95. The van der Waals surface area contributed by atoms with Gasteiger partial charge in [-0.05, 0) is 25.7 Å². The van der Waals surface area contributed by atoms with E-state index < -0.39 is 11.1 Å². The van der Waals surface area contributed by atoms with Crippen molar-refractivity contribution in [3.8, 4) is 0 Å². The summed E-state index contributed by atoms with van der Waals surface area (Å²) in [4.78, 5) is 23.8. The molecule has 0 rings (SSSR count). The average Bonchev–Trinajstić information content (AvgIpc) is 2.40. The third-order valence-electron chi connectivity index (χ3n) is 3.95. The maximum Gasteiger partial charge on any atom is 0.231 e. The van der Waals surface area contributed by atoms with Crippen LogP contribution in [-0.4, -0.2) is 40.9 Å². The van der Waals surface area contributed by atoms with Gasteiger partial charge in [0.2, 0.25) is 11.8 Å². The number of hydrogen-bond donors (Lipinski definition) is 4. The van der Waals surface area contributed by atoms with Gasteiger partial charge in [-0.2, -0.15) is 0 Å². The first kappa shape index (κ1) is 18.9. The van der Waals surface area contributed by atoms with E-state index in [-0.39, 0.29) is 24.8 Å². The normalized spacial score (nSPS) is 14.5. The first-order valence-electron chi connectivity index (χ1n) is 7.23. The summed E-state index contributed by atoms with van der Waals surface area (Å²) in [6.45, 7) is 7.03. The lowest BCUT2D eigenvalue weighted by molar-refractivity contribution is -0.165. The molecule has 0 aliphatic rings. The van der Waals surface area contributed by atoms with E-state index in [2.05, 4.69) is 10.6 Å². The second kappa shape index (κ2) is 8.21. The summed E-state index contributed by atoms with van der Waals surface area (Å²) in [5, 5.41) is 24.8. The highest BCUT2D eigenvalue weighted by molar-refractivity contribution is 5.85. The number of carbonyl (C=O) groups excluding carboxylic acids is 2. The van der Waals surface area contributed by atoms with Gasteiger partial charge in [-0.1, -0.05) is 20.8 Å². The summed E-state index contributed by atoms with van der Waals surface area (Å²) in [7, 11) is 0. The van der Waals surface area contributed by atoms with Crippen molar-refractivity contribution < 1.29 is 19.8 Å². The van der Waals surface area contributed by atoms with Crippen LogP contribution in [0.5, 0.6) is 0 Å². The molecule has 0 heterocycles. The van der Waals surface area contributed by atoms with E-state index in [0.29, 0.717) is 25.8 Å². The molecule has 0 saturated carbocycles. The van der Waals surface area contributed by atoms with Crippen molar-refractivity contribution in [2.45, 2.75) is 59.1 Å². The molecule has 20 heavy (non-hydrogen) atoms. The maximum absolute atomic E-state index is 12.5. The van der Waals surface area contributed by atoms with E-state index in [1.807, 2.05) is 13.8 Å². The quantitative estimate of drug-likeness (QED) is 0.367. The monoisotopic (exact) mass is 288 g/mol. The molecule has 0 aliphatic carbocycles. The van der Waals surface area contributed by atoms with Gasteiger partial charge in [0, 0.05) is 20.1 Å². The van der Waals surface area contributed by atoms with Gasteiger partial charge in [0.1, 0.15) is 0 Å². The molecule has 6 nitrogen and oxygen atoms in total. The number of hydrogen-bond acceptors (Lipinski definition) is 4. The van der Waals surface area contributed by atoms with Crippen LogP contribution in [0.1, 0.15) is 53.4 Å². The fourth-order valence-electron chi connectivity index (χ4n) is 2.63. The third kappa shape index (κ3) is 3.93. The predicted molar refractivity (Wildman–Crippen MR) is 76.8 cm³/mol. The van der Waals surface area contributed by atoms with Gasteiger partial charge in [0.15, 0.2) is 5.72 Å². The Morgan fingerprint density at radius 2 is 1.65 bits per heavy atom. The molecule has 1 atom stereocenters. The predicted octanol–water partition coefficient (Wildman–Crippen LogP) is 0.526. The molecule has 6 heteroatoms. The Morgan fingerprint density at radius 1 is 1.10 bits per heavy atom. The molecule has 2 amide bonds. The van der Waals surface area contributed by atoms with E-state index >= 15 is 0 Å². The van der Waals surface area contributed by atoms with Crippen LogP contribution >= 0.6 is 0 Å². The second-order valence-electron chi connectivity index (χ2n) is 5.02. The number of aliphatic hydroxyl groups is 2. The summed E-state index contributed by atoms with van der Waals surface area (Å²) in [5.74, 6) is -0.669. The summed E-state index contributed by atoms with van der Waals surface area (Å²) in [6.07, 6.45) is 1.50. The molecule has 0 spiro atoms. The number of carbonyl (C=O) groups is 2. The standard InChI is InChI=1S/C14H28N2O4/c1-5-13(6-2,12(19)15-9-8-10-17)14(20,7-3)16-11(4)18/h17,20H,5-10H2,1-4H3,(H,15,19)(H,16,18). The Labute approximate surface area is 120 Å². The average molecular weight is 288 g/mol. The zero-order chi connectivity index (χ0) is 15.8. The van der Waals surface area contributed by atoms with Crippen LogP contribution in [-0.2, 0) is 9.59 Å². The Balaban J connectivity index is 5.32. The molecular weight excluding hydrogens is 260 g/mol. The van der Waals surface area contributed by atoms with Gasteiger partial charge in [0.25, 0.3) is 0 Å². The lowest BCUT2D eigenvalue weighted by Gasteiger charge is -2.45. The Hall–Kier alpha value is -1.14. The smallest absolute Gasteiger partial charge is 0.231 e. The minimum Gasteiger partial charge on any atom is -0.396 e. The van der Waals surface area contributed by atoms with E-state index in [4.69, 9.17) is 5.11 Å². The molecule has 0 aromatic carbocycles. The summed E-state index contributed by atoms with van der Waals surface area (Å²) < 4.78 is 0. The van der Waals surface area contributed by atoms with Gasteiger partial charge in [-0.15, -0.1) is 0 Å². The van der Waals surface area contributed by atoms with Crippen molar-refractivity contribution >= 4 is 11.8 Å². The second-order valence-corrected chi connectivity index (χ2v) is 5.02. The van der Waals surface area contributed by atoms with Crippen molar-refractivity contribution in [3.63, 3.8) is 0 Å². The highest BCUT2D eigenvalue weighted by atomic mass is 16.3. The highest BCUT2D eigenvalue weighted by Crippen LogP contribution is 2.39. The first-order chi connectivity index (χ1) is 9.33. The van der Waals surface area contributed by atoms with Gasteiger partial charge in [-0.3, -0.25) is 9.59 Å². The van der Waals surface area contributed by atoms with Gasteiger partial charge < -0.3 is 20.8 Å². The molecule has 0 bridgehead atoms. The summed E-state index contributed by atoms with van der Waals surface area (Å²) in [6, 6.07) is 0. The molecule has 0 fully saturated rings. The molecule has 0 radical (unpaired) electrons. The minimum atomic E-state index is -1.58. The molecule has 4 N–H and O–H groups in total. The van der Waals surface area contributed by atoms with Crippen molar-refractivity contribution in [3.05, 3.63) is 0 Å². The summed E-state index contributed by atoms with van der Waals surface area (Å²) in [5.41, 5.74) is -2.66. The van der Waals surface area contributed by atoms with E-state index in [1.165, 1.54) is 6.92 Å². The number of nitrogens with one attached hydrogen (secondary N) is 2. The zero-order valence-electron chi connectivity index (χ0n) is 13.0. The van der Waals surface area contributed by atoms with Crippen molar-refractivity contribution in [1.29, 1.82) is 0 Å². The SMILES string of the molecule is CCC(O)(NC(C)=O)C(CC)(CC)C(=O)NCCCO. The van der Waals surface area contributed by atoms with Crippen LogP contribution in [0.2, 0.25) is 0 Å². The van der Waals surface area contributed by atoms with Crippen LogP contribution in [0.3, 0.4) is 0 Å². The Kier molecular flexibility index (Phi) is 7.75. The van der Waals surface area contributed by atoms with Crippen LogP contribution in [0.15, 0.2) is 0 Å². The molecule has 1 unspecified atom stereocenters. The van der Waals surface area contributed by atoms with Gasteiger partial charge >= 0.3 is 0 Å². The van der Waals surface area contributed by atoms with E-state index in [1.54, 1.807) is 6.92 Å². The van der Waals surface area contributed by atoms with E-state index in [9.17, 15) is 14.7 Å².